The maximum atomic E-state index is 13.0. The standard InChI is InChI=1S/C18H17F3N2O2/c1-2-25-17(24)16-10-13-9-14(18(19,20)21)3-4-15(13)23(16)11-12-5-7-22-8-6-12/h3-9,16H,2,10-11H2,1H3. The summed E-state index contributed by atoms with van der Waals surface area (Å²) in [5.74, 6) is -0.429. The van der Waals surface area contributed by atoms with Crippen LogP contribution in [0.25, 0.3) is 0 Å². The van der Waals surface area contributed by atoms with Crippen molar-refractivity contribution in [3.8, 4) is 0 Å². The number of benzene rings is 1. The second-order valence-corrected chi connectivity index (χ2v) is 5.80. The third kappa shape index (κ3) is 3.60. The van der Waals surface area contributed by atoms with E-state index in [0.29, 0.717) is 17.8 Å². The van der Waals surface area contributed by atoms with E-state index in [0.717, 1.165) is 17.7 Å². The number of fused-ring (bicyclic) bond motifs is 1. The molecule has 0 fully saturated rings. The summed E-state index contributed by atoms with van der Waals surface area (Å²) < 4.78 is 44.0. The van der Waals surface area contributed by atoms with E-state index in [4.69, 9.17) is 4.74 Å². The average Bonchev–Trinajstić information content (AvgIpc) is 2.93. The molecule has 1 unspecified atom stereocenters. The SMILES string of the molecule is CCOC(=O)C1Cc2cc(C(F)(F)F)ccc2N1Cc1ccncc1. The number of halogens is 3. The minimum atomic E-state index is -4.41. The van der Waals surface area contributed by atoms with Crippen LogP contribution in [0, 0.1) is 0 Å². The zero-order valence-electron chi connectivity index (χ0n) is 13.6. The third-order valence-corrected chi connectivity index (χ3v) is 4.17. The molecule has 3 rings (SSSR count). The number of carbonyl (C=O) groups excluding carboxylic acids is 1. The molecular formula is C18H17F3N2O2. The van der Waals surface area contributed by atoms with Crippen LogP contribution in [0.15, 0.2) is 42.7 Å². The van der Waals surface area contributed by atoms with Gasteiger partial charge in [-0.25, -0.2) is 4.79 Å². The summed E-state index contributed by atoms with van der Waals surface area (Å²) in [5, 5.41) is 0. The predicted molar refractivity (Wildman–Crippen MR) is 86.0 cm³/mol. The monoisotopic (exact) mass is 350 g/mol. The van der Waals surface area contributed by atoms with Crippen LogP contribution in [0.5, 0.6) is 0 Å². The molecule has 132 valence electrons. The van der Waals surface area contributed by atoms with Gasteiger partial charge in [0.15, 0.2) is 0 Å². The van der Waals surface area contributed by atoms with Gasteiger partial charge in [0, 0.05) is 31.0 Å². The molecule has 1 aliphatic heterocycles. The first-order chi connectivity index (χ1) is 11.9. The number of ether oxygens (including phenoxy) is 1. The molecule has 4 nitrogen and oxygen atoms in total. The highest BCUT2D eigenvalue weighted by atomic mass is 19.4. The molecule has 0 saturated heterocycles. The van der Waals surface area contributed by atoms with Crippen molar-refractivity contribution in [1.82, 2.24) is 4.98 Å². The van der Waals surface area contributed by atoms with E-state index >= 15 is 0 Å². The molecular weight excluding hydrogens is 333 g/mol. The van der Waals surface area contributed by atoms with Gasteiger partial charge < -0.3 is 9.64 Å². The molecule has 2 aromatic rings. The van der Waals surface area contributed by atoms with Crippen LogP contribution in [0.2, 0.25) is 0 Å². The number of carbonyl (C=O) groups is 1. The second kappa shape index (κ2) is 6.74. The van der Waals surface area contributed by atoms with Gasteiger partial charge in [-0.15, -0.1) is 0 Å². The van der Waals surface area contributed by atoms with E-state index in [1.807, 2.05) is 12.1 Å². The van der Waals surface area contributed by atoms with Crippen LogP contribution in [0.3, 0.4) is 0 Å². The molecule has 2 heterocycles. The van der Waals surface area contributed by atoms with Gasteiger partial charge in [-0.1, -0.05) is 0 Å². The number of rotatable bonds is 4. The van der Waals surface area contributed by atoms with Gasteiger partial charge in [-0.05, 0) is 48.4 Å². The first kappa shape index (κ1) is 17.3. The lowest BCUT2D eigenvalue weighted by Crippen LogP contribution is -2.39. The quantitative estimate of drug-likeness (QED) is 0.791. The Morgan fingerprint density at radius 1 is 1.28 bits per heavy atom. The Bertz CT molecular complexity index is 763. The number of nitrogens with zero attached hydrogens (tertiary/aromatic N) is 2. The Kier molecular flexibility index (Phi) is 4.65. The zero-order chi connectivity index (χ0) is 18.0. The summed E-state index contributed by atoms with van der Waals surface area (Å²) in [5.41, 5.74) is 1.33. The lowest BCUT2D eigenvalue weighted by atomic mass is 10.1. The Balaban J connectivity index is 1.96. The number of alkyl halides is 3. The highest BCUT2D eigenvalue weighted by Gasteiger charge is 2.38. The molecule has 0 N–H and O–H groups in total. The number of esters is 1. The summed E-state index contributed by atoms with van der Waals surface area (Å²) in [6.07, 6.45) is -0.937. The second-order valence-electron chi connectivity index (χ2n) is 5.80. The van der Waals surface area contributed by atoms with Gasteiger partial charge in [-0.2, -0.15) is 13.2 Å². The lowest BCUT2D eigenvalue weighted by molar-refractivity contribution is -0.144. The molecule has 0 spiro atoms. The van der Waals surface area contributed by atoms with Gasteiger partial charge in [-0.3, -0.25) is 4.98 Å². The van der Waals surface area contributed by atoms with Crippen LogP contribution >= 0.6 is 0 Å². The van der Waals surface area contributed by atoms with Crippen molar-refractivity contribution < 1.29 is 22.7 Å². The van der Waals surface area contributed by atoms with Gasteiger partial charge in [0.2, 0.25) is 0 Å². The zero-order valence-corrected chi connectivity index (χ0v) is 13.6. The minimum absolute atomic E-state index is 0.198. The van der Waals surface area contributed by atoms with Gasteiger partial charge in [0.05, 0.1) is 12.2 Å². The molecule has 0 bridgehead atoms. The smallest absolute Gasteiger partial charge is 0.416 e. The molecule has 1 aliphatic rings. The first-order valence-corrected chi connectivity index (χ1v) is 7.92. The van der Waals surface area contributed by atoms with Crippen molar-refractivity contribution in [2.75, 3.05) is 11.5 Å². The number of hydrogen-bond donors (Lipinski definition) is 0. The Morgan fingerprint density at radius 3 is 2.64 bits per heavy atom. The maximum absolute atomic E-state index is 13.0. The van der Waals surface area contributed by atoms with E-state index in [2.05, 4.69) is 4.98 Å². The van der Waals surface area contributed by atoms with Crippen LogP contribution in [-0.4, -0.2) is 23.6 Å². The fourth-order valence-corrected chi connectivity index (χ4v) is 3.02. The number of aromatic nitrogens is 1. The summed E-state index contributed by atoms with van der Waals surface area (Å²) in [6.45, 7) is 2.32. The van der Waals surface area contributed by atoms with E-state index < -0.39 is 23.8 Å². The third-order valence-electron chi connectivity index (χ3n) is 4.17. The summed E-state index contributed by atoms with van der Waals surface area (Å²) in [7, 11) is 0. The van der Waals surface area contributed by atoms with Gasteiger partial charge >= 0.3 is 12.1 Å². The Labute approximate surface area is 143 Å². The van der Waals surface area contributed by atoms with Crippen molar-refractivity contribution in [2.45, 2.75) is 32.1 Å². The van der Waals surface area contributed by atoms with Crippen molar-refractivity contribution >= 4 is 11.7 Å². The molecule has 25 heavy (non-hydrogen) atoms. The summed E-state index contributed by atoms with van der Waals surface area (Å²) >= 11 is 0. The molecule has 0 radical (unpaired) electrons. The lowest BCUT2D eigenvalue weighted by Gasteiger charge is -2.26. The van der Waals surface area contributed by atoms with Crippen molar-refractivity contribution in [3.05, 3.63) is 59.4 Å². The summed E-state index contributed by atoms with van der Waals surface area (Å²) in [4.78, 5) is 18.0. The van der Waals surface area contributed by atoms with Gasteiger partial charge in [0.25, 0.3) is 0 Å². The fraction of sp³-hybridized carbons (Fsp3) is 0.333. The topological polar surface area (TPSA) is 42.4 Å². The number of hydrogen-bond acceptors (Lipinski definition) is 4. The molecule has 0 saturated carbocycles. The fourth-order valence-electron chi connectivity index (χ4n) is 3.02. The van der Waals surface area contributed by atoms with E-state index in [1.165, 1.54) is 6.07 Å². The van der Waals surface area contributed by atoms with E-state index in [1.54, 1.807) is 24.2 Å². The highest BCUT2D eigenvalue weighted by molar-refractivity contribution is 5.84. The molecule has 1 atom stereocenters. The number of anilines is 1. The molecule has 1 aromatic heterocycles. The molecule has 7 heteroatoms. The van der Waals surface area contributed by atoms with E-state index in [9.17, 15) is 18.0 Å². The van der Waals surface area contributed by atoms with Crippen LogP contribution in [0.4, 0.5) is 18.9 Å². The maximum Gasteiger partial charge on any atom is 0.416 e. The molecule has 0 amide bonds. The molecule has 1 aromatic carbocycles. The first-order valence-electron chi connectivity index (χ1n) is 7.92. The van der Waals surface area contributed by atoms with E-state index in [-0.39, 0.29) is 13.0 Å². The van der Waals surface area contributed by atoms with Crippen LogP contribution in [-0.2, 0) is 28.7 Å². The average molecular weight is 350 g/mol. The Hall–Kier alpha value is -2.57. The Morgan fingerprint density at radius 2 is 2.00 bits per heavy atom. The van der Waals surface area contributed by atoms with Gasteiger partial charge in [0.1, 0.15) is 6.04 Å². The van der Waals surface area contributed by atoms with Crippen LogP contribution < -0.4 is 4.90 Å². The normalized spacial score (nSPS) is 16.6. The van der Waals surface area contributed by atoms with Crippen molar-refractivity contribution in [3.63, 3.8) is 0 Å². The van der Waals surface area contributed by atoms with Crippen molar-refractivity contribution in [2.24, 2.45) is 0 Å². The molecule has 0 aliphatic carbocycles. The van der Waals surface area contributed by atoms with Crippen molar-refractivity contribution in [1.29, 1.82) is 0 Å². The number of pyridine rings is 1. The van der Waals surface area contributed by atoms with Crippen LogP contribution in [0.1, 0.15) is 23.6 Å². The largest absolute Gasteiger partial charge is 0.464 e. The highest BCUT2D eigenvalue weighted by Crippen LogP contribution is 2.38. The minimum Gasteiger partial charge on any atom is -0.464 e. The predicted octanol–water partition coefficient (Wildman–Crippen LogP) is 3.59. The summed E-state index contributed by atoms with van der Waals surface area (Å²) in [6, 6.07) is 6.58.